The number of carbonyl (C=O) groups excluding carboxylic acids is 2. The minimum atomic E-state index is -0.682. The molecule has 9 heteroatoms. The first kappa shape index (κ1) is 21.4. The standard InChI is InChI=1S/C21H14BrClN2O5/c22-14-3-8-19(30-21(29)12-1-4-15(23)5-2-12)13(9-14)11-24-25-20(28)17-7-6-16(26)10-18(17)27/h1-11,26-27H,(H,25,28)/b24-11+. The zero-order valence-corrected chi connectivity index (χ0v) is 17.5. The molecule has 0 heterocycles. The Kier molecular flexibility index (Phi) is 6.71. The van der Waals surface area contributed by atoms with Gasteiger partial charge in [0.15, 0.2) is 0 Å². The number of halogens is 2. The molecule has 3 N–H and O–H groups in total. The van der Waals surface area contributed by atoms with Gasteiger partial charge < -0.3 is 14.9 Å². The molecule has 3 rings (SSSR count). The van der Waals surface area contributed by atoms with E-state index in [1.54, 1.807) is 42.5 Å². The number of phenols is 2. The molecule has 7 nitrogen and oxygen atoms in total. The molecule has 0 aliphatic carbocycles. The summed E-state index contributed by atoms with van der Waals surface area (Å²) in [5.41, 5.74) is 2.94. The van der Waals surface area contributed by atoms with Crippen LogP contribution < -0.4 is 10.2 Å². The number of nitrogens with zero attached hydrogens (tertiary/aromatic N) is 1. The monoisotopic (exact) mass is 488 g/mol. The summed E-state index contributed by atoms with van der Waals surface area (Å²) in [6, 6.07) is 14.7. The van der Waals surface area contributed by atoms with Crippen molar-refractivity contribution >= 4 is 45.6 Å². The van der Waals surface area contributed by atoms with Crippen LogP contribution in [0, 0.1) is 0 Å². The summed E-state index contributed by atoms with van der Waals surface area (Å²) in [7, 11) is 0. The van der Waals surface area contributed by atoms with E-state index >= 15 is 0 Å². The van der Waals surface area contributed by atoms with Crippen LogP contribution >= 0.6 is 27.5 Å². The van der Waals surface area contributed by atoms with E-state index in [9.17, 15) is 19.8 Å². The highest BCUT2D eigenvalue weighted by atomic mass is 79.9. The molecule has 1 amide bonds. The molecule has 0 saturated heterocycles. The fraction of sp³-hybridized carbons (Fsp3) is 0. The largest absolute Gasteiger partial charge is 0.508 e. The fourth-order valence-electron chi connectivity index (χ4n) is 2.39. The molecular weight excluding hydrogens is 476 g/mol. The minimum Gasteiger partial charge on any atom is -0.508 e. The number of rotatable bonds is 5. The van der Waals surface area contributed by atoms with Gasteiger partial charge in [0, 0.05) is 21.1 Å². The number of nitrogens with one attached hydrogen (secondary N) is 1. The van der Waals surface area contributed by atoms with Gasteiger partial charge in [-0.25, -0.2) is 10.2 Å². The summed E-state index contributed by atoms with van der Waals surface area (Å²) in [5.74, 6) is -1.60. The van der Waals surface area contributed by atoms with Crippen molar-refractivity contribution in [3.63, 3.8) is 0 Å². The van der Waals surface area contributed by atoms with Crippen LogP contribution in [0.15, 0.2) is 70.2 Å². The lowest BCUT2D eigenvalue weighted by atomic mass is 10.2. The van der Waals surface area contributed by atoms with Crippen LogP contribution in [0.4, 0.5) is 0 Å². The third-order valence-corrected chi connectivity index (χ3v) is 4.60. The number of hydrogen-bond acceptors (Lipinski definition) is 6. The van der Waals surface area contributed by atoms with E-state index in [4.69, 9.17) is 16.3 Å². The van der Waals surface area contributed by atoms with Crippen LogP contribution in [0.2, 0.25) is 5.02 Å². The van der Waals surface area contributed by atoms with Crippen molar-refractivity contribution in [2.45, 2.75) is 0 Å². The van der Waals surface area contributed by atoms with Gasteiger partial charge in [-0.2, -0.15) is 5.10 Å². The molecule has 0 bridgehead atoms. The average molecular weight is 490 g/mol. The maximum Gasteiger partial charge on any atom is 0.343 e. The van der Waals surface area contributed by atoms with E-state index in [-0.39, 0.29) is 22.8 Å². The van der Waals surface area contributed by atoms with Gasteiger partial charge in [0.25, 0.3) is 5.91 Å². The molecule has 0 aliphatic heterocycles. The van der Waals surface area contributed by atoms with Gasteiger partial charge in [0.1, 0.15) is 17.2 Å². The number of hydrazone groups is 1. The Morgan fingerprint density at radius 1 is 1.03 bits per heavy atom. The van der Waals surface area contributed by atoms with Gasteiger partial charge >= 0.3 is 5.97 Å². The number of hydrogen-bond donors (Lipinski definition) is 3. The molecule has 0 atom stereocenters. The molecule has 0 aliphatic rings. The summed E-state index contributed by atoms with van der Waals surface area (Å²) in [6.07, 6.45) is 1.30. The van der Waals surface area contributed by atoms with Crippen molar-refractivity contribution in [3.8, 4) is 17.2 Å². The molecule has 0 aromatic heterocycles. The first-order valence-corrected chi connectivity index (χ1v) is 9.63. The molecule has 30 heavy (non-hydrogen) atoms. The summed E-state index contributed by atoms with van der Waals surface area (Å²) >= 11 is 9.15. The normalized spacial score (nSPS) is 10.7. The SMILES string of the molecule is O=C(Oc1ccc(Br)cc1/C=N/NC(=O)c1ccc(O)cc1O)c1ccc(Cl)cc1. The molecule has 0 radical (unpaired) electrons. The summed E-state index contributed by atoms with van der Waals surface area (Å²) in [4.78, 5) is 24.5. The molecule has 0 spiro atoms. The predicted molar refractivity (Wildman–Crippen MR) is 115 cm³/mol. The molecular formula is C21H14BrClN2O5. The molecule has 152 valence electrons. The van der Waals surface area contributed by atoms with Crippen LogP contribution in [0.5, 0.6) is 17.2 Å². The molecule has 3 aromatic carbocycles. The highest BCUT2D eigenvalue weighted by Gasteiger charge is 2.13. The first-order chi connectivity index (χ1) is 14.3. The van der Waals surface area contributed by atoms with Crippen LogP contribution in [-0.2, 0) is 0 Å². The molecule has 3 aromatic rings. The van der Waals surface area contributed by atoms with E-state index < -0.39 is 11.9 Å². The second-order valence-corrected chi connectivity index (χ2v) is 7.33. The third kappa shape index (κ3) is 5.37. The van der Waals surface area contributed by atoms with Crippen LogP contribution in [0.25, 0.3) is 0 Å². The van der Waals surface area contributed by atoms with E-state index in [1.807, 2.05) is 0 Å². The van der Waals surface area contributed by atoms with Gasteiger partial charge in [0.05, 0.1) is 17.3 Å². The Labute approximate surface area is 184 Å². The Hall–Kier alpha value is -3.36. The Bertz CT molecular complexity index is 1130. The Morgan fingerprint density at radius 3 is 2.47 bits per heavy atom. The van der Waals surface area contributed by atoms with E-state index in [0.717, 1.165) is 6.07 Å². The van der Waals surface area contributed by atoms with Crippen molar-refractivity contribution < 1.29 is 24.5 Å². The highest BCUT2D eigenvalue weighted by molar-refractivity contribution is 9.10. The predicted octanol–water partition coefficient (Wildman–Crippen LogP) is 4.50. The average Bonchev–Trinajstić information content (AvgIpc) is 2.70. The van der Waals surface area contributed by atoms with E-state index in [2.05, 4.69) is 26.5 Å². The van der Waals surface area contributed by atoms with Crippen LogP contribution in [0.1, 0.15) is 26.3 Å². The number of carbonyl (C=O) groups is 2. The lowest BCUT2D eigenvalue weighted by Gasteiger charge is -2.08. The lowest BCUT2D eigenvalue weighted by Crippen LogP contribution is -2.17. The summed E-state index contributed by atoms with van der Waals surface area (Å²) in [6.45, 7) is 0. The number of aromatic hydroxyl groups is 2. The quantitative estimate of drug-likeness (QED) is 0.212. The second-order valence-electron chi connectivity index (χ2n) is 5.98. The molecule has 0 unspecified atom stereocenters. The van der Waals surface area contributed by atoms with Crippen molar-refractivity contribution in [2.75, 3.05) is 0 Å². The maximum absolute atomic E-state index is 12.4. The Morgan fingerprint density at radius 2 is 1.77 bits per heavy atom. The lowest BCUT2D eigenvalue weighted by molar-refractivity contribution is 0.0734. The minimum absolute atomic E-state index is 0.0615. The molecule has 0 fully saturated rings. The maximum atomic E-state index is 12.4. The zero-order valence-electron chi connectivity index (χ0n) is 15.2. The third-order valence-electron chi connectivity index (χ3n) is 3.85. The smallest absolute Gasteiger partial charge is 0.343 e. The van der Waals surface area contributed by atoms with Crippen LogP contribution in [-0.4, -0.2) is 28.3 Å². The van der Waals surface area contributed by atoms with Gasteiger partial charge in [-0.05, 0) is 54.6 Å². The van der Waals surface area contributed by atoms with Crippen molar-refractivity contribution in [3.05, 3.63) is 86.8 Å². The number of benzene rings is 3. The van der Waals surface area contributed by atoms with Crippen molar-refractivity contribution in [2.24, 2.45) is 5.10 Å². The highest BCUT2D eigenvalue weighted by Crippen LogP contribution is 2.24. The van der Waals surface area contributed by atoms with E-state index in [0.29, 0.717) is 20.6 Å². The summed E-state index contributed by atoms with van der Waals surface area (Å²) < 4.78 is 6.13. The second kappa shape index (κ2) is 9.43. The number of amides is 1. The number of esters is 1. The van der Waals surface area contributed by atoms with E-state index in [1.165, 1.54) is 18.3 Å². The van der Waals surface area contributed by atoms with Crippen molar-refractivity contribution in [1.29, 1.82) is 0 Å². The van der Waals surface area contributed by atoms with Gasteiger partial charge in [-0.1, -0.05) is 27.5 Å². The van der Waals surface area contributed by atoms with Gasteiger partial charge in [-0.3, -0.25) is 4.79 Å². The van der Waals surface area contributed by atoms with Crippen LogP contribution in [0.3, 0.4) is 0 Å². The zero-order chi connectivity index (χ0) is 21.7. The molecule has 0 saturated carbocycles. The number of ether oxygens (including phenoxy) is 1. The van der Waals surface area contributed by atoms with Crippen molar-refractivity contribution in [1.82, 2.24) is 5.43 Å². The van der Waals surface area contributed by atoms with Gasteiger partial charge in [-0.15, -0.1) is 0 Å². The Balaban J connectivity index is 1.75. The van der Waals surface area contributed by atoms with Gasteiger partial charge in [0.2, 0.25) is 0 Å². The fourth-order valence-corrected chi connectivity index (χ4v) is 2.90. The first-order valence-electron chi connectivity index (χ1n) is 8.46. The topological polar surface area (TPSA) is 108 Å². The number of phenolic OH excluding ortho intramolecular Hbond substituents is 2. The summed E-state index contributed by atoms with van der Waals surface area (Å²) in [5, 5.41) is 23.4.